The van der Waals surface area contributed by atoms with E-state index < -0.39 is 0 Å². The Morgan fingerprint density at radius 3 is 2.95 bits per heavy atom. The number of nitrogens with one attached hydrogen (secondary N) is 1. The Balaban J connectivity index is 1.82. The van der Waals surface area contributed by atoms with Gasteiger partial charge in [0.25, 0.3) is 0 Å². The second-order valence-corrected chi connectivity index (χ2v) is 5.01. The summed E-state index contributed by atoms with van der Waals surface area (Å²) in [6.07, 6.45) is 1.99. The van der Waals surface area contributed by atoms with Crippen molar-refractivity contribution in [2.45, 2.75) is 13.0 Å². The summed E-state index contributed by atoms with van der Waals surface area (Å²) in [5.74, 6) is -0.220. The first-order valence-electron chi connectivity index (χ1n) is 6.10. The average Bonchev–Trinajstić information content (AvgIpc) is 2.91. The van der Waals surface area contributed by atoms with Crippen LogP contribution in [0.4, 0.5) is 0 Å². The maximum atomic E-state index is 11.7. The summed E-state index contributed by atoms with van der Waals surface area (Å²) < 4.78 is 1.31. The van der Waals surface area contributed by atoms with Crippen molar-refractivity contribution in [2.24, 2.45) is 0 Å². The van der Waals surface area contributed by atoms with E-state index in [1.165, 1.54) is 10.9 Å². The Bertz CT molecular complexity index is 692. The van der Waals surface area contributed by atoms with E-state index in [2.05, 4.69) is 15.6 Å². The quantitative estimate of drug-likeness (QED) is 0.909. The van der Waals surface area contributed by atoms with Crippen LogP contribution in [0.15, 0.2) is 24.4 Å². The zero-order valence-corrected chi connectivity index (χ0v) is 12.4. The molecule has 0 aliphatic carbocycles. The third-order valence-electron chi connectivity index (χ3n) is 2.71. The van der Waals surface area contributed by atoms with Gasteiger partial charge in [-0.15, -0.1) is 5.10 Å². The van der Waals surface area contributed by atoms with Crippen molar-refractivity contribution in [3.8, 4) is 6.07 Å². The van der Waals surface area contributed by atoms with Gasteiger partial charge in [-0.1, -0.05) is 40.5 Å². The molecule has 21 heavy (non-hydrogen) atoms. The van der Waals surface area contributed by atoms with Crippen LogP contribution in [-0.4, -0.2) is 27.4 Å². The van der Waals surface area contributed by atoms with Crippen LogP contribution in [0.1, 0.15) is 11.3 Å². The molecule has 0 aliphatic rings. The predicted molar refractivity (Wildman–Crippen MR) is 77.9 cm³/mol. The summed E-state index contributed by atoms with van der Waals surface area (Å²) >= 11 is 12.0. The molecule has 1 N–H and O–H groups in total. The van der Waals surface area contributed by atoms with Crippen molar-refractivity contribution in [1.29, 1.82) is 5.26 Å². The molecule has 0 spiro atoms. The molecule has 1 aromatic heterocycles. The summed E-state index contributed by atoms with van der Waals surface area (Å²) in [5.41, 5.74) is 1.05. The zero-order valence-electron chi connectivity index (χ0n) is 10.9. The summed E-state index contributed by atoms with van der Waals surface area (Å²) in [6, 6.07) is 7.22. The molecule has 2 rings (SSSR count). The van der Waals surface area contributed by atoms with Crippen molar-refractivity contribution in [1.82, 2.24) is 20.3 Å². The van der Waals surface area contributed by atoms with E-state index in [1.54, 1.807) is 6.07 Å². The van der Waals surface area contributed by atoms with Crippen LogP contribution in [0.3, 0.4) is 0 Å². The van der Waals surface area contributed by atoms with Gasteiger partial charge in [0.05, 0.1) is 16.2 Å². The van der Waals surface area contributed by atoms with Gasteiger partial charge in [-0.05, 0) is 18.1 Å². The Kier molecular flexibility index (Phi) is 5.14. The van der Waals surface area contributed by atoms with Crippen LogP contribution in [0, 0.1) is 11.3 Å². The Morgan fingerprint density at radius 1 is 1.43 bits per heavy atom. The number of nitrogens with zero attached hydrogens (tertiary/aromatic N) is 4. The van der Waals surface area contributed by atoms with Crippen molar-refractivity contribution >= 4 is 29.1 Å². The number of nitriles is 1. The van der Waals surface area contributed by atoms with Crippen molar-refractivity contribution in [3.05, 3.63) is 45.7 Å². The fourth-order valence-corrected chi connectivity index (χ4v) is 2.12. The van der Waals surface area contributed by atoms with E-state index in [4.69, 9.17) is 28.5 Å². The highest BCUT2D eigenvalue weighted by Crippen LogP contribution is 2.25. The number of hydrogen-bond donors (Lipinski definition) is 1. The maximum absolute atomic E-state index is 11.7. The van der Waals surface area contributed by atoms with Crippen molar-refractivity contribution in [2.75, 3.05) is 6.54 Å². The number of hydrogen-bond acceptors (Lipinski definition) is 4. The van der Waals surface area contributed by atoms with E-state index in [1.807, 2.05) is 18.2 Å². The minimum atomic E-state index is -0.220. The molecule has 1 aromatic carbocycles. The van der Waals surface area contributed by atoms with Crippen molar-refractivity contribution in [3.63, 3.8) is 0 Å². The average molecular weight is 324 g/mol. The minimum absolute atomic E-state index is 0.0119. The van der Waals surface area contributed by atoms with Gasteiger partial charge in [0, 0.05) is 6.54 Å². The van der Waals surface area contributed by atoms with E-state index in [9.17, 15) is 4.79 Å². The lowest BCUT2D eigenvalue weighted by atomic mass is 10.1. The first-order chi connectivity index (χ1) is 10.1. The molecule has 0 unspecified atom stereocenters. The van der Waals surface area contributed by atoms with Gasteiger partial charge in [0.2, 0.25) is 5.91 Å². The molecule has 0 radical (unpaired) electrons. The Morgan fingerprint density at radius 2 is 2.24 bits per heavy atom. The van der Waals surface area contributed by atoms with Crippen LogP contribution in [0.5, 0.6) is 0 Å². The maximum Gasteiger partial charge on any atom is 0.241 e. The van der Waals surface area contributed by atoms with E-state index in [0.717, 1.165) is 5.56 Å². The monoisotopic (exact) mass is 323 g/mol. The van der Waals surface area contributed by atoms with Gasteiger partial charge in [0.1, 0.15) is 12.6 Å². The molecular formula is C13H11Cl2N5O. The molecule has 0 atom stereocenters. The van der Waals surface area contributed by atoms with Crippen LogP contribution in [-0.2, 0) is 17.8 Å². The number of carbonyl (C=O) groups excluding carboxylic acids is 1. The molecule has 0 bridgehead atoms. The van der Waals surface area contributed by atoms with Gasteiger partial charge >= 0.3 is 0 Å². The highest BCUT2D eigenvalue weighted by molar-refractivity contribution is 6.42. The molecule has 1 amide bonds. The highest BCUT2D eigenvalue weighted by atomic mass is 35.5. The first-order valence-corrected chi connectivity index (χ1v) is 6.85. The lowest BCUT2D eigenvalue weighted by Crippen LogP contribution is -2.29. The van der Waals surface area contributed by atoms with Gasteiger partial charge in [0.15, 0.2) is 5.69 Å². The number of benzene rings is 1. The lowest BCUT2D eigenvalue weighted by molar-refractivity contribution is -0.121. The molecule has 0 aliphatic heterocycles. The summed E-state index contributed by atoms with van der Waals surface area (Å²) in [5, 5.41) is 19.6. The summed E-state index contributed by atoms with van der Waals surface area (Å²) in [6.45, 7) is 0.441. The predicted octanol–water partition coefficient (Wildman–Crippen LogP) is 1.82. The molecule has 2 aromatic rings. The van der Waals surface area contributed by atoms with E-state index in [0.29, 0.717) is 23.0 Å². The number of amides is 1. The summed E-state index contributed by atoms with van der Waals surface area (Å²) in [7, 11) is 0. The normalized spacial score (nSPS) is 10.1. The lowest BCUT2D eigenvalue weighted by Gasteiger charge is -2.07. The van der Waals surface area contributed by atoms with Gasteiger partial charge in [-0.2, -0.15) is 5.26 Å². The number of carbonyl (C=O) groups is 1. The fourth-order valence-electron chi connectivity index (χ4n) is 1.71. The minimum Gasteiger partial charge on any atom is -0.354 e. The Hall–Kier alpha value is -2.10. The second kappa shape index (κ2) is 7.07. The zero-order chi connectivity index (χ0) is 15.2. The smallest absolute Gasteiger partial charge is 0.241 e. The van der Waals surface area contributed by atoms with Crippen LogP contribution in [0.2, 0.25) is 10.0 Å². The van der Waals surface area contributed by atoms with Gasteiger partial charge in [-0.25, -0.2) is 4.68 Å². The first kappa shape index (κ1) is 15.3. The molecule has 1 heterocycles. The largest absolute Gasteiger partial charge is 0.354 e. The van der Waals surface area contributed by atoms with Gasteiger partial charge in [-0.3, -0.25) is 4.79 Å². The molecule has 8 heteroatoms. The topological polar surface area (TPSA) is 83.6 Å². The Labute approximate surface area is 131 Å². The van der Waals surface area contributed by atoms with Crippen LogP contribution >= 0.6 is 23.2 Å². The number of halogens is 2. The second-order valence-electron chi connectivity index (χ2n) is 4.23. The highest BCUT2D eigenvalue weighted by Gasteiger charge is 2.07. The van der Waals surface area contributed by atoms with Crippen LogP contribution < -0.4 is 5.32 Å². The third-order valence-corrected chi connectivity index (χ3v) is 3.56. The van der Waals surface area contributed by atoms with Crippen molar-refractivity contribution < 1.29 is 4.79 Å². The molecule has 6 nitrogen and oxygen atoms in total. The number of aromatic nitrogens is 3. The summed E-state index contributed by atoms with van der Waals surface area (Å²) in [4.78, 5) is 11.7. The van der Waals surface area contributed by atoms with E-state index >= 15 is 0 Å². The van der Waals surface area contributed by atoms with Gasteiger partial charge < -0.3 is 5.32 Å². The SMILES string of the molecule is N#Cc1cn(CC(=O)NCCc2cccc(Cl)c2Cl)nn1. The van der Waals surface area contributed by atoms with E-state index in [-0.39, 0.29) is 18.1 Å². The molecule has 0 saturated heterocycles. The van der Waals surface area contributed by atoms with Crippen LogP contribution in [0.25, 0.3) is 0 Å². The molecule has 0 fully saturated rings. The fraction of sp³-hybridized carbons (Fsp3) is 0.231. The number of rotatable bonds is 5. The molecule has 108 valence electrons. The molecular weight excluding hydrogens is 313 g/mol. The molecule has 0 saturated carbocycles. The standard InChI is InChI=1S/C13H11Cl2N5O/c14-11-3-1-2-9(13(11)15)4-5-17-12(21)8-20-7-10(6-16)18-19-20/h1-3,7H,4-5,8H2,(H,17,21). The third kappa shape index (κ3) is 4.18.